The molecule has 0 aromatic carbocycles. The molecule has 1 aliphatic carbocycles. The Kier molecular flexibility index (Phi) is 10.9. The number of ether oxygens (including phenoxy) is 1. The lowest BCUT2D eigenvalue weighted by Gasteiger charge is -2.42. The van der Waals surface area contributed by atoms with E-state index in [1.165, 1.54) is 19.3 Å². The maximum absolute atomic E-state index is 11.6. The fourth-order valence-corrected chi connectivity index (χ4v) is 3.26. The Morgan fingerprint density at radius 1 is 1.31 bits per heavy atom. The summed E-state index contributed by atoms with van der Waals surface area (Å²) in [6.07, 6.45) is 8.77. The number of aromatic nitrogens is 1. The molecule has 26 heavy (non-hydrogen) atoms. The second kappa shape index (κ2) is 12.3. The molecule has 0 spiro atoms. The molecule has 0 amide bonds. The SMILES string of the molecule is CN=C(NCCCCn1ccccc1=O)NCC1(CCOC)CCC1.I. The molecule has 1 fully saturated rings. The summed E-state index contributed by atoms with van der Waals surface area (Å²) in [5.74, 6) is 0.862. The Labute approximate surface area is 173 Å². The van der Waals surface area contributed by atoms with Gasteiger partial charge < -0.3 is 19.9 Å². The van der Waals surface area contributed by atoms with Crippen LogP contribution < -0.4 is 16.2 Å². The van der Waals surface area contributed by atoms with Gasteiger partial charge in [-0.2, -0.15) is 0 Å². The third-order valence-electron chi connectivity index (χ3n) is 5.12. The number of methoxy groups -OCH3 is 1. The smallest absolute Gasteiger partial charge is 0.250 e. The molecular formula is C19H33IN4O2. The van der Waals surface area contributed by atoms with Crippen LogP contribution in [0.4, 0.5) is 0 Å². The predicted molar refractivity (Wildman–Crippen MR) is 117 cm³/mol. The highest BCUT2D eigenvalue weighted by Gasteiger charge is 2.36. The number of halogens is 1. The van der Waals surface area contributed by atoms with Crippen molar-refractivity contribution in [2.24, 2.45) is 10.4 Å². The molecule has 2 N–H and O–H groups in total. The van der Waals surface area contributed by atoms with Crippen LogP contribution in [0.25, 0.3) is 0 Å². The maximum Gasteiger partial charge on any atom is 0.250 e. The molecule has 0 bridgehead atoms. The number of guanidine groups is 1. The molecule has 0 saturated heterocycles. The van der Waals surface area contributed by atoms with E-state index in [1.54, 1.807) is 23.8 Å². The van der Waals surface area contributed by atoms with Crippen LogP contribution >= 0.6 is 24.0 Å². The highest BCUT2D eigenvalue weighted by molar-refractivity contribution is 14.0. The van der Waals surface area contributed by atoms with Gasteiger partial charge in [-0.3, -0.25) is 9.79 Å². The highest BCUT2D eigenvalue weighted by atomic mass is 127. The zero-order valence-electron chi connectivity index (χ0n) is 16.0. The van der Waals surface area contributed by atoms with Crippen LogP contribution in [0.15, 0.2) is 34.2 Å². The van der Waals surface area contributed by atoms with Crippen molar-refractivity contribution in [1.29, 1.82) is 0 Å². The van der Waals surface area contributed by atoms with Gasteiger partial charge >= 0.3 is 0 Å². The Balaban J connectivity index is 0.00000338. The molecule has 1 heterocycles. The van der Waals surface area contributed by atoms with E-state index in [4.69, 9.17) is 4.74 Å². The first-order valence-electron chi connectivity index (χ1n) is 9.28. The molecule has 2 rings (SSSR count). The first-order valence-corrected chi connectivity index (χ1v) is 9.28. The standard InChI is InChI=1S/C19H32N4O2.HI/c1-20-18(22-16-19(9-7-10-19)11-15-25-2)21-12-4-6-14-23-13-5-3-8-17(23)24;/h3,5,8,13H,4,6-7,9-12,14-16H2,1-2H3,(H2,20,21,22);1H. The zero-order chi connectivity index (χ0) is 18.0. The Morgan fingerprint density at radius 3 is 2.73 bits per heavy atom. The minimum Gasteiger partial charge on any atom is -0.385 e. The molecule has 6 nitrogen and oxygen atoms in total. The first-order chi connectivity index (χ1) is 12.2. The van der Waals surface area contributed by atoms with Gasteiger partial charge in [0.05, 0.1) is 0 Å². The average Bonchev–Trinajstić information content (AvgIpc) is 2.59. The second-order valence-corrected chi connectivity index (χ2v) is 6.89. The number of hydrogen-bond acceptors (Lipinski definition) is 3. The quantitative estimate of drug-likeness (QED) is 0.236. The zero-order valence-corrected chi connectivity index (χ0v) is 18.3. The summed E-state index contributed by atoms with van der Waals surface area (Å²) in [5, 5.41) is 6.83. The number of aliphatic imine (C=N–C) groups is 1. The Morgan fingerprint density at radius 2 is 2.12 bits per heavy atom. The molecular weight excluding hydrogens is 443 g/mol. The minimum absolute atomic E-state index is 0. The number of rotatable bonds is 10. The van der Waals surface area contributed by atoms with Crippen LogP contribution in [0.1, 0.15) is 38.5 Å². The lowest BCUT2D eigenvalue weighted by atomic mass is 9.67. The van der Waals surface area contributed by atoms with Gasteiger partial charge in [-0.1, -0.05) is 12.5 Å². The normalized spacial score (nSPS) is 15.7. The summed E-state index contributed by atoms with van der Waals surface area (Å²) >= 11 is 0. The van der Waals surface area contributed by atoms with E-state index in [-0.39, 0.29) is 29.5 Å². The third-order valence-corrected chi connectivity index (χ3v) is 5.12. The fourth-order valence-electron chi connectivity index (χ4n) is 3.26. The van der Waals surface area contributed by atoms with E-state index in [2.05, 4.69) is 15.6 Å². The molecule has 148 valence electrons. The molecule has 0 atom stereocenters. The summed E-state index contributed by atoms with van der Waals surface area (Å²) < 4.78 is 7.00. The van der Waals surface area contributed by atoms with Gasteiger partial charge in [-0.15, -0.1) is 24.0 Å². The molecule has 0 unspecified atom stereocenters. The number of unbranched alkanes of at least 4 members (excludes halogenated alkanes) is 1. The van der Waals surface area contributed by atoms with E-state index >= 15 is 0 Å². The lowest BCUT2D eigenvalue weighted by Crippen LogP contribution is -2.47. The lowest BCUT2D eigenvalue weighted by molar-refractivity contribution is 0.0732. The number of nitrogens with one attached hydrogen (secondary N) is 2. The van der Waals surface area contributed by atoms with E-state index in [0.717, 1.165) is 51.5 Å². The van der Waals surface area contributed by atoms with Crippen molar-refractivity contribution in [3.8, 4) is 0 Å². The monoisotopic (exact) mass is 476 g/mol. The predicted octanol–water partition coefficient (Wildman–Crippen LogP) is 2.62. The van der Waals surface area contributed by atoms with Gasteiger partial charge in [-0.25, -0.2) is 0 Å². The minimum atomic E-state index is 0. The van der Waals surface area contributed by atoms with Crippen molar-refractivity contribution in [1.82, 2.24) is 15.2 Å². The van der Waals surface area contributed by atoms with Gasteiger partial charge in [0, 0.05) is 52.7 Å². The van der Waals surface area contributed by atoms with Gasteiger partial charge in [0.2, 0.25) is 5.56 Å². The maximum atomic E-state index is 11.6. The number of pyridine rings is 1. The molecule has 0 aliphatic heterocycles. The van der Waals surface area contributed by atoms with Crippen LogP contribution in [0.3, 0.4) is 0 Å². The van der Waals surface area contributed by atoms with Crippen LogP contribution in [-0.4, -0.2) is 44.4 Å². The molecule has 1 aliphatic rings. The van der Waals surface area contributed by atoms with E-state index in [0.29, 0.717) is 5.41 Å². The highest BCUT2D eigenvalue weighted by Crippen LogP contribution is 2.43. The second-order valence-electron chi connectivity index (χ2n) is 6.89. The van der Waals surface area contributed by atoms with Gasteiger partial charge in [0.25, 0.3) is 0 Å². The van der Waals surface area contributed by atoms with Gasteiger partial charge in [0.1, 0.15) is 0 Å². The van der Waals surface area contributed by atoms with E-state index in [9.17, 15) is 4.79 Å². The van der Waals surface area contributed by atoms with Crippen molar-refractivity contribution in [3.05, 3.63) is 34.7 Å². The average molecular weight is 476 g/mol. The van der Waals surface area contributed by atoms with Crippen LogP contribution in [-0.2, 0) is 11.3 Å². The fraction of sp³-hybridized carbons (Fsp3) is 0.684. The summed E-state index contributed by atoms with van der Waals surface area (Å²) in [6, 6.07) is 5.27. The van der Waals surface area contributed by atoms with Crippen LogP contribution in [0.5, 0.6) is 0 Å². The molecule has 1 saturated carbocycles. The van der Waals surface area contributed by atoms with E-state index < -0.39 is 0 Å². The Bertz CT molecular complexity index is 599. The molecule has 1 aromatic rings. The third kappa shape index (κ3) is 7.26. The van der Waals surface area contributed by atoms with Crippen molar-refractivity contribution in [2.75, 3.05) is 33.9 Å². The van der Waals surface area contributed by atoms with Crippen LogP contribution in [0, 0.1) is 5.41 Å². The van der Waals surface area contributed by atoms with E-state index in [1.807, 2.05) is 19.3 Å². The van der Waals surface area contributed by atoms with Crippen molar-refractivity contribution in [3.63, 3.8) is 0 Å². The summed E-state index contributed by atoms with van der Waals surface area (Å²) in [7, 11) is 3.57. The molecule has 7 heteroatoms. The van der Waals surface area contributed by atoms with Gasteiger partial charge in [0.15, 0.2) is 5.96 Å². The summed E-state index contributed by atoms with van der Waals surface area (Å²) in [4.78, 5) is 15.9. The summed E-state index contributed by atoms with van der Waals surface area (Å²) in [6.45, 7) is 3.39. The number of nitrogens with zero attached hydrogens (tertiary/aromatic N) is 2. The van der Waals surface area contributed by atoms with Crippen molar-refractivity contribution >= 4 is 29.9 Å². The Hall–Kier alpha value is -1.09. The number of hydrogen-bond donors (Lipinski definition) is 2. The molecule has 1 aromatic heterocycles. The summed E-state index contributed by atoms with van der Waals surface area (Å²) in [5.41, 5.74) is 0.442. The van der Waals surface area contributed by atoms with Crippen molar-refractivity contribution in [2.45, 2.75) is 45.1 Å². The largest absolute Gasteiger partial charge is 0.385 e. The first kappa shape index (κ1) is 23.0. The van der Waals surface area contributed by atoms with Crippen molar-refractivity contribution < 1.29 is 4.74 Å². The molecule has 0 radical (unpaired) electrons. The van der Waals surface area contributed by atoms with Crippen LogP contribution in [0.2, 0.25) is 0 Å². The topological polar surface area (TPSA) is 67.7 Å². The number of aryl methyl sites for hydroxylation is 1. The van der Waals surface area contributed by atoms with Gasteiger partial charge in [-0.05, 0) is 43.6 Å².